The molecule has 2 atom stereocenters. The number of benzene rings is 1. The Labute approximate surface area is 112 Å². The van der Waals surface area contributed by atoms with Crippen LogP contribution in [0.4, 0.5) is 0 Å². The Morgan fingerprint density at radius 1 is 1.16 bits per heavy atom. The molecule has 2 unspecified atom stereocenters. The van der Waals surface area contributed by atoms with E-state index in [0.717, 1.165) is 24.8 Å². The minimum absolute atomic E-state index is 0.0306. The lowest BCUT2D eigenvalue weighted by molar-refractivity contribution is -0.153. The number of hydrogen-bond acceptors (Lipinski definition) is 2. The van der Waals surface area contributed by atoms with E-state index >= 15 is 0 Å². The largest absolute Gasteiger partial charge is 0.339 e. The van der Waals surface area contributed by atoms with Gasteiger partial charge in [-0.1, -0.05) is 30.3 Å². The number of nitrogens with one attached hydrogen (secondary N) is 1. The minimum Gasteiger partial charge on any atom is -0.339 e. The van der Waals surface area contributed by atoms with Gasteiger partial charge in [-0.25, -0.2) is 0 Å². The second-order valence-electron chi connectivity index (χ2n) is 5.36. The summed E-state index contributed by atoms with van der Waals surface area (Å²) in [7, 11) is 0. The number of amides is 2. The molecule has 1 saturated heterocycles. The molecule has 1 aromatic carbocycles. The van der Waals surface area contributed by atoms with Crippen LogP contribution in [0.5, 0.6) is 0 Å². The summed E-state index contributed by atoms with van der Waals surface area (Å²) in [6, 6.07) is 8.84. The van der Waals surface area contributed by atoms with Gasteiger partial charge in [0.15, 0.2) is 0 Å². The zero-order valence-electron chi connectivity index (χ0n) is 11.0. The van der Waals surface area contributed by atoms with Crippen LogP contribution < -0.4 is 5.32 Å². The van der Waals surface area contributed by atoms with Crippen LogP contribution in [0.15, 0.2) is 30.3 Å². The van der Waals surface area contributed by atoms with Gasteiger partial charge in [0.05, 0.1) is 0 Å². The van der Waals surface area contributed by atoms with Crippen molar-refractivity contribution < 1.29 is 9.59 Å². The molecule has 1 aromatic rings. The Hall–Kier alpha value is -1.84. The molecule has 1 saturated carbocycles. The molecule has 0 radical (unpaired) electrons. The first kappa shape index (κ1) is 12.2. The maximum absolute atomic E-state index is 12.6. The van der Waals surface area contributed by atoms with Gasteiger partial charge >= 0.3 is 0 Å². The van der Waals surface area contributed by atoms with E-state index in [2.05, 4.69) is 5.32 Å². The van der Waals surface area contributed by atoms with Crippen LogP contribution in [0.1, 0.15) is 37.8 Å². The summed E-state index contributed by atoms with van der Waals surface area (Å²) in [5.41, 5.74) is 0.858. The zero-order valence-corrected chi connectivity index (χ0v) is 11.0. The highest BCUT2D eigenvalue weighted by molar-refractivity contribution is 5.97. The number of carbonyl (C=O) groups excluding carboxylic acids is 2. The lowest BCUT2D eigenvalue weighted by Gasteiger charge is -2.45. The Balaban J connectivity index is 1.90. The van der Waals surface area contributed by atoms with E-state index in [9.17, 15) is 9.59 Å². The van der Waals surface area contributed by atoms with E-state index in [1.807, 2.05) is 37.3 Å². The Morgan fingerprint density at radius 3 is 2.42 bits per heavy atom. The quantitative estimate of drug-likeness (QED) is 0.876. The van der Waals surface area contributed by atoms with Crippen molar-refractivity contribution in [2.75, 3.05) is 0 Å². The highest BCUT2D eigenvalue weighted by Crippen LogP contribution is 2.31. The molecular formula is C15H18N2O2. The van der Waals surface area contributed by atoms with Crippen molar-refractivity contribution in [3.8, 4) is 0 Å². The second kappa shape index (κ2) is 4.68. The van der Waals surface area contributed by atoms with Crippen LogP contribution in [-0.4, -0.2) is 28.8 Å². The van der Waals surface area contributed by atoms with Crippen molar-refractivity contribution >= 4 is 11.8 Å². The summed E-state index contributed by atoms with van der Waals surface area (Å²) in [5.74, 6) is -0.0247. The molecule has 1 aliphatic carbocycles. The topological polar surface area (TPSA) is 49.4 Å². The van der Waals surface area contributed by atoms with Gasteiger partial charge in [0.1, 0.15) is 12.1 Å². The van der Waals surface area contributed by atoms with Gasteiger partial charge in [0.25, 0.3) is 5.91 Å². The molecular weight excluding hydrogens is 240 g/mol. The first-order chi connectivity index (χ1) is 9.18. The van der Waals surface area contributed by atoms with Crippen LogP contribution in [0.25, 0.3) is 0 Å². The average molecular weight is 258 g/mol. The molecule has 100 valence electrons. The molecule has 0 spiro atoms. The molecule has 0 aromatic heterocycles. The third-order valence-corrected chi connectivity index (χ3v) is 4.19. The van der Waals surface area contributed by atoms with Gasteiger partial charge in [0.2, 0.25) is 5.91 Å². The SMILES string of the molecule is CC1C(=O)NC(c2ccccc2)C(=O)N1C1CCC1. The van der Waals surface area contributed by atoms with Crippen LogP contribution in [0, 0.1) is 0 Å². The van der Waals surface area contributed by atoms with Crippen molar-refractivity contribution in [2.24, 2.45) is 0 Å². The predicted molar refractivity (Wildman–Crippen MR) is 71.3 cm³/mol. The molecule has 2 aliphatic rings. The van der Waals surface area contributed by atoms with E-state index in [0.29, 0.717) is 0 Å². The van der Waals surface area contributed by atoms with Crippen LogP contribution in [0.3, 0.4) is 0 Å². The highest BCUT2D eigenvalue weighted by Gasteiger charge is 2.43. The van der Waals surface area contributed by atoms with E-state index < -0.39 is 6.04 Å². The molecule has 2 amide bonds. The summed E-state index contributed by atoms with van der Waals surface area (Å²) in [6.45, 7) is 1.81. The smallest absolute Gasteiger partial charge is 0.250 e. The summed E-state index contributed by atoms with van der Waals surface area (Å²) in [4.78, 5) is 26.5. The zero-order chi connectivity index (χ0) is 13.4. The number of piperazine rings is 1. The van der Waals surface area contributed by atoms with Crippen LogP contribution >= 0.6 is 0 Å². The maximum Gasteiger partial charge on any atom is 0.250 e. The second-order valence-corrected chi connectivity index (χ2v) is 5.36. The standard InChI is InChI=1S/C15H18N2O2/c1-10-14(18)16-13(11-6-3-2-4-7-11)15(19)17(10)12-8-5-9-12/h2-4,6-7,10,12-13H,5,8-9H2,1H3,(H,16,18). The van der Waals surface area contributed by atoms with Gasteiger partial charge < -0.3 is 10.2 Å². The molecule has 4 heteroatoms. The van der Waals surface area contributed by atoms with Gasteiger partial charge in [-0.3, -0.25) is 9.59 Å². The Bertz CT molecular complexity index is 496. The Kier molecular flexibility index (Phi) is 3.01. The van der Waals surface area contributed by atoms with Gasteiger partial charge in [-0.15, -0.1) is 0 Å². The maximum atomic E-state index is 12.6. The Morgan fingerprint density at radius 2 is 1.84 bits per heavy atom. The van der Waals surface area contributed by atoms with Crippen molar-refractivity contribution in [1.29, 1.82) is 0 Å². The van der Waals surface area contributed by atoms with Crippen molar-refractivity contribution in [1.82, 2.24) is 10.2 Å². The third kappa shape index (κ3) is 2.01. The summed E-state index contributed by atoms with van der Waals surface area (Å²) >= 11 is 0. The van der Waals surface area contributed by atoms with Gasteiger partial charge in [-0.2, -0.15) is 0 Å². The fourth-order valence-electron chi connectivity index (χ4n) is 2.82. The third-order valence-electron chi connectivity index (χ3n) is 4.19. The summed E-state index contributed by atoms with van der Waals surface area (Å²) in [6.07, 6.45) is 3.19. The van der Waals surface area contributed by atoms with E-state index in [4.69, 9.17) is 0 Å². The van der Waals surface area contributed by atoms with Crippen LogP contribution in [-0.2, 0) is 9.59 Å². The molecule has 1 N–H and O–H groups in total. The first-order valence-electron chi connectivity index (χ1n) is 6.86. The number of rotatable bonds is 2. The lowest BCUT2D eigenvalue weighted by Crippen LogP contribution is -2.62. The van der Waals surface area contributed by atoms with Crippen LogP contribution in [0.2, 0.25) is 0 Å². The normalized spacial score (nSPS) is 27.9. The van der Waals surface area contributed by atoms with E-state index in [1.54, 1.807) is 4.90 Å². The highest BCUT2D eigenvalue weighted by atomic mass is 16.2. The predicted octanol–water partition coefficient (Wildman–Crippen LogP) is 1.63. The molecule has 1 heterocycles. The van der Waals surface area contributed by atoms with E-state index in [-0.39, 0.29) is 23.9 Å². The van der Waals surface area contributed by atoms with Gasteiger partial charge in [0, 0.05) is 6.04 Å². The fourth-order valence-corrected chi connectivity index (χ4v) is 2.82. The molecule has 4 nitrogen and oxygen atoms in total. The number of carbonyl (C=O) groups is 2. The molecule has 2 fully saturated rings. The first-order valence-corrected chi connectivity index (χ1v) is 6.86. The summed E-state index contributed by atoms with van der Waals surface area (Å²) < 4.78 is 0. The van der Waals surface area contributed by atoms with Gasteiger partial charge in [-0.05, 0) is 31.7 Å². The molecule has 3 rings (SSSR count). The van der Waals surface area contributed by atoms with Crippen molar-refractivity contribution in [3.05, 3.63) is 35.9 Å². The summed E-state index contributed by atoms with van der Waals surface area (Å²) in [5, 5.41) is 2.84. The van der Waals surface area contributed by atoms with E-state index in [1.165, 1.54) is 0 Å². The molecule has 0 bridgehead atoms. The lowest BCUT2D eigenvalue weighted by atomic mass is 9.88. The number of nitrogens with zero attached hydrogens (tertiary/aromatic N) is 1. The number of hydrogen-bond donors (Lipinski definition) is 1. The monoisotopic (exact) mass is 258 g/mol. The van der Waals surface area contributed by atoms with Crippen molar-refractivity contribution in [2.45, 2.75) is 44.3 Å². The fraction of sp³-hybridized carbons (Fsp3) is 0.467. The minimum atomic E-state index is -0.523. The average Bonchev–Trinajstić information content (AvgIpc) is 2.37. The molecule has 19 heavy (non-hydrogen) atoms. The van der Waals surface area contributed by atoms with Crippen molar-refractivity contribution in [3.63, 3.8) is 0 Å². The molecule has 1 aliphatic heterocycles.